The van der Waals surface area contributed by atoms with Crippen LogP contribution in [0.25, 0.3) is 11.1 Å². The molecule has 1 aliphatic rings. The summed E-state index contributed by atoms with van der Waals surface area (Å²) in [7, 11) is 0. The Labute approximate surface area is 250 Å². The number of nitriles is 1. The number of carboxylic acid groups (broad SMARTS) is 1. The normalized spacial score (nSPS) is 15.6. The zero-order valence-electron chi connectivity index (χ0n) is 26.0. The molecule has 1 N–H and O–H groups in total. The number of pyridine rings is 1. The number of anilines is 1. The van der Waals surface area contributed by atoms with Gasteiger partial charge in [0, 0.05) is 42.0 Å². The molecule has 222 valence electrons. The van der Waals surface area contributed by atoms with E-state index in [1.165, 1.54) is 0 Å². The number of carboxylic acids is 1. The van der Waals surface area contributed by atoms with Crippen molar-refractivity contribution in [3.63, 3.8) is 0 Å². The van der Waals surface area contributed by atoms with Crippen LogP contribution < -0.4 is 9.64 Å². The van der Waals surface area contributed by atoms with Crippen LogP contribution in [-0.4, -0.2) is 41.4 Å². The van der Waals surface area contributed by atoms with Gasteiger partial charge in [0.05, 0.1) is 29.5 Å². The van der Waals surface area contributed by atoms with E-state index in [9.17, 15) is 9.90 Å². The van der Waals surface area contributed by atoms with Crippen LogP contribution in [0.1, 0.15) is 81.6 Å². The molecule has 42 heavy (non-hydrogen) atoms. The molecule has 1 aromatic heterocycles. The Bertz CT molecular complexity index is 1440. The summed E-state index contributed by atoms with van der Waals surface area (Å²) < 4.78 is 12.2. The van der Waals surface area contributed by atoms with Crippen molar-refractivity contribution in [2.75, 3.05) is 24.6 Å². The summed E-state index contributed by atoms with van der Waals surface area (Å²) in [6, 6.07) is 17.6. The second-order valence-electron chi connectivity index (χ2n) is 13.0. The molecule has 1 aliphatic heterocycles. The number of hydrogen-bond donors (Lipinski definition) is 1. The first kappa shape index (κ1) is 31.1. The smallest absolute Gasteiger partial charge is 0.337 e. The summed E-state index contributed by atoms with van der Waals surface area (Å²) in [6.07, 6.45) is 1.61. The van der Waals surface area contributed by atoms with Gasteiger partial charge >= 0.3 is 5.97 Å². The topological polar surface area (TPSA) is 95.7 Å². The number of aryl methyl sites for hydroxylation is 2. The van der Waals surface area contributed by atoms with E-state index >= 15 is 0 Å². The largest absolute Gasteiger partial charge is 0.493 e. The number of rotatable bonds is 9. The Morgan fingerprint density at radius 1 is 1.05 bits per heavy atom. The van der Waals surface area contributed by atoms with Crippen LogP contribution in [-0.2, 0) is 16.0 Å². The molecule has 1 saturated heterocycles. The maximum Gasteiger partial charge on any atom is 0.337 e. The zero-order chi connectivity index (χ0) is 30.7. The van der Waals surface area contributed by atoms with Gasteiger partial charge in [-0.25, -0.2) is 4.79 Å². The second-order valence-corrected chi connectivity index (χ2v) is 13.0. The van der Waals surface area contributed by atoms with E-state index in [0.29, 0.717) is 23.4 Å². The Kier molecular flexibility index (Phi) is 9.27. The molecular weight excluding hydrogens is 526 g/mol. The molecular formula is C35H43N3O4. The summed E-state index contributed by atoms with van der Waals surface area (Å²) in [4.78, 5) is 19.9. The molecule has 7 nitrogen and oxygen atoms in total. The fourth-order valence-corrected chi connectivity index (χ4v) is 5.51. The quantitative estimate of drug-likeness (QED) is 0.286. The van der Waals surface area contributed by atoms with Crippen molar-refractivity contribution < 1.29 is 19.4 Å². The van der Waals surface area contributed by atoms with Gasteiger partial charge in [-0.05, 0) is 88.3 Å². The van der Waals surface area contributed by atoms with E-state index in [0.717, 1.165) is 66.2 Å². The highest BCUT2D eigenvalue weighted by molar-refractivity contribution is 5.88. The minimum Gasteiger partial charge on any atom is -0.493 e. The third-order valence-corrected chi connectivity index (χ3v) is 7.86. The molecule has 0 amide bonds. The summed E-state index contributed by atoms with van der Waals surface area (Å²) in [6.45, 7) is 16.3. The van der Waals surface area contributed by atoms with E-state index in [1.807, 2.05) is 83.1 Å². The molecule has 2 aromatic carbocycles. The Hall–Kier alpha value is -3.89. The number of benzene rings is 2. The molecule has 3 aromatic rings. The SMILES string of the molecule is Cc1nc(C)c(C(OC(C)(C)C)C(=O)O)c(N2CCC(C)(C)CC2)c1-c1ccc(OCCc2ccc(C#N)cc2)cc1. The number of nitrogens with zero attached hydrogens (tertiary/aromatic N) is 3. The number of aliphatic carboxylic acids is 1. The van der Waals surface area contributed by atoms with Gasteiger partial charge in [-0.3, -0.25) is 4.98 Å². The van der Waals surface area contributed by atoms with Crippen LogP contribution >= 0.6 is 0 Å². The predicted octanol–water partition coefficient (Wildman–Crippen LogP) is 7.43. The molecule has 2 heterocycles. The van der Waals surface area contributed by atoms with Crippen LogP contribution in [0.2, 0.25) is 0 Å². The number of ether oxygens (including phenoxy) is 2. The fourth-order valence-electron chi connectivity index (χ4n) is 5.51. The molecule has 1 fully saturated rings. The van der Waals surface area contributed by atoms with Gasteiger partial charge in [0.25, 0.3) is 0 Å². The number of carbonyl (C=O) groups is 1. The maximum absolute atomic E-state index is 12.7. The predicted molar refractivity (Wildman–Crippen MR) is 166 cm³/mol. The lowest BCUT2D eigenvalue weighted by molar-refractivity contribution is -0.160. The molecule has 0 bridgehead atoms. The van der Waals surface area contributed by atoms with Crippen LogP contribution in [0, 0.1) is 30.6 Å². The van der Waals surface area contributed by atoms with Gasteiger partial charge in [0.15, 0.2) is 6.10 Å². The van der Waals surface area contributed by atoms with Crippen LogP contribution in [0.15, 0.2) is 48.5 Å². The van der Waals surface area contributed by atoms with Gasteiger partial charge in [-0.2, -0.15) is 5.26 Å². The van der Waals surface area contributed by atoms with Crippen LogP contribution in [0.5, 0.6) is 5.75 Å². The number of hydrogen-bond acceptors (Lipinski definition) is 6. The van der Waals surface area contributed by atoms with E-state index in [-0.39, 0.29) is 5.41 Å². The molecule has 0 spiro atoms. The van der Waals surface area contributed by atoms with Crippen molar-refractivity contribution in [1.29, 1.82) is 5.26 Å². The van der Waals surface area contributed by atoms with Crippen LogP contribution in [0.4, 0.5) is 5.69 Å². The van der Waals surface area contributed by atoms with E-state index in [1.54, 1.807) is 0 Å². The van der Waals surface area contributed by atoms with E-state index < -0.39 is 17.7 Å². The zero-order valence-corrected chi connectivity index (χ0v) is 26.0. The fraction of sp³-hybridized carbons (Fsp3) is 0.457. The first-order valence-electron chi connectivity index (χ1n) is 14.7. The molecule has 1 atom stereocenters. The minimum absolute atomic E-state index is 0.235. The van der Waals surface area contributed by atoms with Gasteiger partial charge < -0.3 is 19.5 Å². The lowest BCUT2D eigenvalue weighted by Gasteiger charge is -2.41. The molecule has 0 radical (unpaired) electrons. The van der Waals surface area contributed by atoms with Crippen molar-refractivity contribution in [2.45, 2.75) is 79.4 Å². The van der Waals surface area contributed by atoms with Gasteiger partial charge in [0.1, 0.15) is 5.75 Å². The van der Waals surface area contributed by atoms with E-state index in [4.69, 9.17) is 19.7 Å². The lowest BCUT2D eigenvalue weighted by atomic mass is 9.82. The standard InChI is InChI=1S/C35H43N3O4/c1-23-29(27-12-14-28(15-13-27)41-21-16-25-8-10-26(22-36)11-9-25)31(38-19-17-35(6,7)18-20-38)30(24(2)37-23)32(33(39)40)42-34(3,4)5/h8-15,32H,16-21H2,1-7H3,(H,39,40). The summed E-state index contributed by atoms with van der Waals surface area (Å²) in [5.41, 5.74) is 6.29. The number of aromatic nitrogens is 1. The summed E-state index contributed by atoms with van der Waals surface area (Å²) >= 11 is 0. The maximum atomic E-state index is 12.7. The average Bonchev–Trinajstić information content (AvgIpc) is 2.92. The van der Waals surface area contributed by atoms with E-state index in [2.05, 4.69) is 24.8 Å². The van der Waals surface area contributed by atoms with Crippen molar-refractivity contribution in [3.8, 4) is 22.9 Å². The average molecular weight is 570 g/mol. The lowest BCUT2D eigenvalue weighted by Crippen LogP contribution is -2.39. The van der Waals surface area contributed by atoms with Gasteiger partial charge in [0.2, 0.25) is 0 Å². The third-order valence-electron chi connectivity index (χ3n) is 7.86. The molecule has 1 unspecified atom stereocenters. The minimum atomic E-state index is -1.15. The van der Waals surface area contributed by atoms with Crippen molar-refractivity contribution in [3.05, 3.63) is 76.6 Å². The highest BCUT2D eigenvalue weighted by atomic mass is 16.5. The van der Waals surface area contributed by atoms with Gasteiger partial charge in [-0.15, -0.1) is 0 Å². The third kappa shape index (κ3) is 7.49. The molecule has 0 saturated carbocycles. The van der Waals surface area contributed by atoms with Crippen molar-refractivity contribution in [2.24, 2.45) is 5.41 Å². The number of piperidine rings is 1. The Morgan fingerprint density at radius 2 is 1.67 bits per heavy atom. The monoisotopic (exact) mass is 569 g/mol. The molecule has 0 aliphatic carbocycles. The van der Waals surface area contributed by atoms with Crippen molar-refractivity contribution in [1.82, 2.24) is 4.98 Å². The Morgan fingerprint density at radius 3 is 2.21 bits per heavy atom. The molecule has 4 rings (SSSR count). The summed E-state index contributed by atoms with van der Waals surface area (Å²) in [5, 5.41) is 19.4. The first-order chi connectivity index (χ1) is 19.8. The Balaban J connectivity index is 1.69. The van der Waals surface area contributed by atoms with Gasteiger partial charge in [-0.1, -0.05) is 38.1 Å². The first-order valence-corrected chi connectivity index (χ1v) is 14.7. The highest BCUT2D eigenvalue weighted by Gasteiger charge is 2.36. The van der Waals surface area contributed by atoms with Crippen LogP contribution in [0.3, 0.4) is 0 Å². The summed E-state index contributed by atoms with van der Waals surface area (Å²) in [5.74, 6) is -0.264. The second kappa shape index (κ2) is 12.5. The molecule has 7 heteroatoms. The van der Waals surface area contributed by atoms with Crippen molar-refractivity contribution >= 4 is 11.7 Å². The highest BCUT2D eigenvalue weighted by Crippen LogP contribution is 2.45.